The summed E-state index contributed by atoms with van der Waals surface area (Å²) in [6, 6.07) is 0. The molecule has 0 spiro atoms. The molecule has 1 aromatic heterocycles. The molecule has 100 valence electrons. The summed E-state index contributed by atoms with van der Waals surface area (Å²) in [4.78, 5) is 23.1. The second-order valence-corrected chi connectivity index (χ2v) is 5.10. The predicted molar refractivity (Wildman–Crippen MR) is 61.3 cm³/mol. The lowest BCUT2D eigenvalue weighted by Gasteiger charge is -2.10. The van der Waals surface area contributed by atoms with Gasteiger partial charge in [0.25, 0.3) is 5.56 Å². The average Bonchev–Trinajstić information content (AvgIpc) is 2.21. The number of rotatable bonds is 2. The molecule has 9 nitrogen and oxygen atoms in total. The third-order valence-corrected chi connectivity index (χ3v) is 2.56. The van der Waals surface area contributed by atoms with Crippen LogP contribution in [0, 0.1) is 5.41 Å². The highest BCUT2D eigenvalue weighted by atomic mass is 32.2. The molecule has 0 aliphatic heterocycles. The van der Waals surface area contributed by atoms with Crippen LogP contribution >= 0.6 is 0 Å². The third-order valence-electron chi connectivity index (χ3n) is 2.10. The largest absolute Gasteiger partial charge is 0.494 e. The van der Waals surface area contributed by atoms with E-state index in [1.54, 1.807) is 0 Å². The van der Waals surface area contributed by atoms with Crippen LogP contribution in [0.2, 0.25) is 0 Å². The van der Waals surface area contributed by atoms with Gasteiger partial charge in [-0.05, 0) is 0 Å². The van der Waals surface area contributed by atoms with Crippen LogP contribution in [0.3, 0.4) is 0 Å². The standard InChI is InChI=1S/C8H11N3O6S/c1-10-6(12)4(5(9)17-18(3,15)16)7(13)11(2)8(10)14/h9,12H,1-3H3. The molecular formula is C8H11N3O6S. The lowest BCUT2D eigenvalue weighted by atomic mass is 10.3. The van der Waals surface area contributed by atoms with Crippen molar-refractivity contribution in [3.8, 4) is 5.88 Å². The van der Waals surface area contributed by atoms with Gasteiger partial charge in [0.2, 0.25) is 11.8 Å². The van der Waals surface area contributed by atoms with E-state index in [2.05, 4.69) is 4.18 Å². The minimum Gasteiger partial charge on any atom is -0.494 e. The molecule has 0 unspecified atom stereocenters. The van der Waals surface area contributed by atoms with E-state index >= 15 is 0 Å². The minimum absolute atomic E-state index is 0.620. The Morgan fingerprint density at radius 2 is 1.78 bits per heavy atom. The Morgan fingerprint density at radius 1 is 1.28 bits per heavy atom. The summed E-state index contributed by atoms with van der Waals surface area (Å²) in [6.07, 6.45) is 0.686. The molecule has 0 bridgehead atoms. The quantitative estimate of drug-likeness (QED) is 0.368. The lowest BCUT2D eigenvalue weighted by Crippen LogP contribution is -2.40. The van der Waals surface area contributed by atoms with Gasteiger partial charge in [0.1, 0.15) is 0 Å². The molecule has 2 N–H and O–H groups in total. The highest BCUT2D eigenvalue weighted by Crippen LogP contribution is 2.11. The molecule has 0 saturated carbocycles. The Bertz CT molecular complexity index is 726. The Balaban J connectivity index is 3.58. The number of nitrogens with one attached hydrogen (secondary N) is 1. The summed E-state index contributed by atoms with van der Waals surface area (Å²) in [5, 5.41) is 16.9. The minimum atomic E-state index is -4.01. The zero-order chi connectivity index (χ0) is 14.2. The molecule has 1 heterocycles. The van der Waals surface area contributed by atoms with Gasteiger partial charge in [-0.25, -0.2) is 4.79 Å². The van der Waals surface area contributed by atoms with E-state index in [9.17, 15) is 23.1 Å². The van der Waals surface area contributed by atoms with E-state index in [0.717, 1.165) is 14.1 Å². The van der Waals surface area contributed by atoms with Crippen LogP contribution in [0.25, 0.3) is 0 Å². The maximum absolute atomic E-state index is 11.7. The van der Waals surface area contributed by atoms with Gasteiger partial charge >= 0.3 is 15.8 Å². The first-order valence-corrected chi connectivity index (χ1v) is 6.35. The van der Waals surface area contributed by atoms with Crippen molar-refractivity contribution in [2.45, 2.75) is 0 Å². The Labute approximate surface area is 102 Å². The zero-order valence-electron chi connectivity index (χ0n) is 9.79. The molecule has 0 aliphatic rings. The average molecular weight is 277 g/mol. The summed E-state index contributed by atoms with van der Waals surface area (Å²) >= 11 is 0. The van der Waals surface area contributed by atoms with E-state index in [0.29, 0.717) is 15.4 Å². The lowest BCUT2D eigenvalue weighted by molar-refractivity contribution is 0.406. The van der Waals surface area contributed by atoms with Crippen LogP contribution in [0.5, 0.6) is 5.88 Å². The zero-order valence-corrected chi connectivity index (χ0v) is 10.6. The van der Waals surface area contributed by atoms with Crippen molar-refractivity contribution in [2.75, 3.05) is 6.26 Å². The van der Waals surface area contributed by atoms with Gasteiger partial charge in [0.15, 0.2) is 5.56 Å². The number of aromatic nitrogens is 2. The van der Waals surface area contributed by atoms with Crippen molar-refractivity contribution in [3.05, 3.63) is 26.4 Å². The second-order valence-electron chi connectivity index (χ2n) is 3.52. The fourth-order valence-electron chi connectivity index (χ4n) is 1.23. The van der Waals surface area contributed by atoms with Crippen molar-refractivity contribution in [1.29, 1.82) is 5.41 Å². The van der Waals surface area contributed by atoms with Gasteiger partial charge in [-0.1, -0.05) is 0 Å². The fourth-order valence-corrected chi connectivity index (χ4v) is 1.61. The van der Waals surface area contributed by atoms with Gasteiger partial charge in [0, 0.05) is 14.1 Å². The monoisotopic (exact) mass is 277 g/mol. The number of hydrogen-bond acceptors (Lipinski definition) is 7. The highest BCUT2D eigenvalue weighted by Gasteiger charge is 2.22. The van der Waals surface area contributed by atoms with E-state index < -0.39 is 38.7 Å². The van der Waals surface area contributed by atoms with Gasteiger partial charge in [-0.3, -0.25) is 19.3 Å². The number of hydrogen-bond donors (Lipinski definition) is 2. The van der Waals surface area contributed by atoms with Gasteiger partial charge < -0.3 is 9.29 Å². The normalized spacial score (nSPS) is 11.3. The summed E-state index contributed by atoms with van der Waals surface area (Å²) in [5.74, 6) is -1.89. The molecule has 0 fully saturated rings. The number of nitrogens with zero attached hydrogens (tertiary/aromatic N) is 2. The first-order chi connectivity index (χ1) is 8.06. The van der Waals surface area contributed by atoms with Crippen molar-refractivity contribution >= 4 is 16.0 Å². The molecule has 0 atom stereocenters. The van der Waals surface area contributed by atoms with Gasteiger partial charge in [-0.2, -0.15) is 8.42 Å². The first kappa shape index (κ1) is 14.0. The van der Waals surface area contributed by atoms with Crippen molar-refractivity contribution in [1.82, 2.24) is 9.13 Å². The molecule has 1 rings (SSSR count). The highest BCUT2D eigenvalue weighted by molar-refractivity contribution is 7.86. The van der Waals surface area contributed by atoms with Crippen molar-refractivity contribution in [2.24, 2.45) is 14.1 Å². The first-order valence-electron chi connectivity index (χ1n) is 4.53. The Morgan fingerprint density at radius 3 is 2.22 bits per heavy atom. The summed E-state index contributed by atoms with van der Waals surface area (Å²) in [6.45, 7) is 0. The van der Waals surface area contributed by atoms with E-state index in [1.165, 1.54) is 0 Å². The molecule has 0 amide bonds. The molecular weight excluding hydrogens is 266 g/mol. The van der Waals surface area contributed by atoms with Crippen LogP contribution in [-0.2, 0) is 28.4 Å². The molecule has 10 heteroatoms. The Hall–Kier alpha value is -2.10. The van der Waals surface area contributed by atoms with Crippen LogP contribution in [0.4, 0.5) is 0 Å². The van der Waals surface area contributed by atoms with Crippen molar-refractivity contribution < 1.29 is 17.7 Å². The molecule has 0 aliphatic carbocycles. The molecule has 1 aromatic rings. The number of aromatic hydroxyl groups is 1. The van der Waals surface area contributed by atoms with Crippen molar-refractivity contribution in [3.63, 3.8) is 0 Å². The summed E-state index contributed by atoms with van der Waals surface area (Å²) < 4.78 is 27.2. The smallest absolute Gasteiger partial charge is 0.333 e. The van der Waals surface area contributed by atoms with Crippen LogP contribution in [-0.4, -0.2) is 34.8 Å². The van der Waals surface area contributed by atoms with Crippen LogP contribution < -0.4 is 11.2 Å². The van der Waals surface area contributed by atoms with Gasteiger partial charge in [-0.15, -0.1) is 0 Å². The topological polar surface area (TPSA) is 131 Å². The molecule has 18 heavy (non-hydrogen) atoms. The fraction of sp³-hybridized carbons (Fsp3) is 0.375. The predicted octanol–water partition coefficient (Wildman–Crippen LogP) is -1.91. The maximum Gasteiger partial charge on any atom is 0.333 e. The van der Waals surface area contributed by atoms with Crippen LogP contribution in [0.15, 0.2) is 9.59 Å². The van der Waals surface area contributed by atoms with Crippen LogP contribution in [0.1, 0.15) is 5.56 Å². The molecule has 0 radical (unpaired) electrons. The van der Waals surface area contributed by atoms with E-state index in [-0.39, 0.29) is 0 Å². The molecule has 0 aromatic carbocycles. The third kappa shape index (κ3) is 2.42. The Kier molecular flexibility index (Phi) is 3.33. The summed E-state index contributed by atoms with van der Waals surface area (Å²) in [7, 11) is -1.72. The summed E-state index contributed by atoms with van der Waals surface area (Å²) in [5.41, 5.74) is -2.54. The SMILES string of the molecule is Cn1c(O)c(C(=N)OS(C)(=O)=O)c(=O)n(C)c1=O. The van der Waals surface area contributed by atoms with E-state index in [4.69, 9.17) is 5.41 Å². The second kappa shape index (κ2) is 4.29. The van der Waals surface area contributed by atoms with Gasteiger partial charge in [0.05, 0.1) is 6.26 Å². The van der Waals surface area contributed by atoms with E-state index in [1.807, 2.05) is 0 Å². The maximum atomic E-state index is 11.7. The molecule has 0 saturated heterocycles.